The summed E-state index contributed by atoms with van der Waals surface area (Å²) in [6, 6.07) is 8.86. The summed E-state index contributed by atoms with van der Waals surface area (Å²) in [6.45, 7) is 11.6. The zero-order valence-corrected chi connectivity index (χ0v) is 30.4. The summed E-state index contributed by atoms with van der Waals surface area (Å²) >= 11 is 0. The summed E-state index contributed by atoms with van der Waals surface area (Å²) in [4.78, 5) is 29.6. The van der Waals surface area contributed by atoms with Gasteiger partial charge in [-0.15, -0.1) is 0 Å². The number of aliphatic hydroxyl groups excluding tert-OH is 1. The zero-order valence-electron chi connectivity index (χ0n) is 30.4. The van der Waals surface area contributed by atoms with E-state index in [1.165, 1.54) is 18.1 Å². The fraction of sp³-hybridized carbons (Fsp3) is 0.619. The molecule has 2 N–H and O–H groups in total. The predicted molar refractivity (Wildman–Crippen MR) is 190 cm³/mol. The largest absolute Gasteiger partial charge is 0.450 e. The average molecular weight is 692 g/mol. The Bertz CT molecular complexity index is 1640. The Morgan fingerprint density at radius 3 is 2.48 bits per heavy atom. The van der Waals surface area contributed by atoms with Crippen LogP contribution < -0.4 is 0 Å². The number of hydrogen-bond acceptors (Lipinski definition) is 5. The van der Waals surface area contributed by atoms with E-state index in [1.807, 2.05) is 12.1 Å². The monoisotopic (exact) mass is 691 g/mol. The summed E-state index contributed by atoms with van der Waals surface area (Å²) in [6.07, 6.45) is 8.52. The first-order chi connectivity index (χ1) is 23.7. The zero-order chi connectivity index (χ0) is 36.0. The minimum atomic E-state index is -1.28. The molecule has 6 aliphatic rings. The van der Waals surface area contributed by atoms with Crippen LogP contribution in [0.1, 0.15) is 125 Å². The highest BCUT2D eigenvalue weighted by molar-refractivity contribution is 6.10. The highest BCUT2D eigenvalue weighted by atomic mass is 19.2. The lowest BCUT2D eigenvalue weighted by Gasteiger charge is -2.60. The van der Waals surface area contributed by atoms with Crippen molar-refractivity contribution in [2.45, 2.75) is 116 Å². The second kappa shape index (κ2) is 14.1. The molecule has 8 heteroatoms. The Labute approximate surface area is 296 Å². The molecule has 6 nitrogen and oxygen atoms in total. The fourth-order valence-electron chi connectivity index (χ4n) is 10.2. The number of nitrogens with zero attached hydrogens (tertiary/aromatic N) is 1. The molecular weight excluding hydrogens is 636 g/mol. The lowest BCUT2D eigenvalue weighted by Crippen LogP contribution is -2.58. The summed E-state index contributed by atoms with van der Waals surface area (Å²) in [5.41, 5.74) is 1.32. The number of hydrogen-bond donors (Lipinski definition) is 2. The third-order valence-corrected chi connectivity index (χ3v) is 13.5. The molecule has 0 radical (unpaired) electrons. The van der Waals surface area contributed by atoms with Gasteiger partial charge >= 0.3 is 6.09 Å². The summed E-state index contributed by atoms with van der Waals surface area (Å²) < 4.78 is 33.9. The van der Waals surface area contributed by atoms with Crippen molar-refractivity contribution >= 4 is 11.9 Å². The molecule has 1 amide bonds. The van der Waals surface area contributed by atoms with E-state index >= 15 is 0 Å². The lowest BCUT2D eigenvalue weighted by atomic mass is 9.45. The van der Waals surface area contributed by atoms with Crippen molar-refractivity contribution in [2.75, 3.05) is 19.7 Å². The summed E-state index contributed by atoms with van der Waals surface area (Å²) in [5, 5.41) is 23.8. The van der Waals surface area contributed by atoms with Gasteiger partial charge in [-0.3, -0.25) is 4.79 Å². The molecule has 0 aromatic heterocycles. The first-order valence-electron chi connectivity index (χ1n) is 18.8. The molecule has 4 saturated carbocycles. The van der Waals surface area contributed by atoms with Gasteiger partial charge in [-0.05, 0) is 143 Å². The van der Waals surface area contributed by atoms with Gasteiger partial charge < -0.3 is 19.8 Å². The number of aliphatic hydroxyl groups is 2. The standard InChI is InChI=1S/C42H55F2NO5/c1-6-50-39(48)45(24-29-11-13-30-23-35(29)40(30,3)4)25-42(49)19-17-34-32-15-10-27(20-31(46)14-9-26(2)8-7-18-41(34,42)5)21-33(32)38(47)28-12-16-36(43)37(44)22-28/h8,10,12,15-16,21-22,29-31,34-35,46,49H,6-7,9,11,13-14,17-20,23-25H2,1-5H3/t29-,30-,31-,34-,35-,41-,42+/m0/s1. The van der Waals surface area contributed by atoms with Crippen LogP contribution in [0, 0.1) is 40.2 Å². The molecule has 50 heavy (non-hydrogen) atoms. The Hall–Kier alpha value is -3.10. The van der Waals surface area contributed by atoms with E-state index in [9.17, 15) is 28.6 Å². The molecule has 2 aromatic carbocycles. The number of ketones is 1. The number of benzene rings is 2. The average Bonchev–Trinajstić information content (AvgIpc) is 3.33. The van der Waals surface area contributed by atoms with Crippen molar-refractivity contribution < 1.29 is 33.3 Å². The van der Waals surface area contributed by atoms with Gasteiger partial charge in [0.25, 0.3) is 0 Å². The predicted octanol–water partition coefficient (Wildman–Crippen LogP) is 8.77. The van der Waals surface area contributed by atoms with E-state index in [2.05, 4.69) is 33.8 Å². The number of halogens is 2. The molecule has 0 aliphatic heterocycles. The maximum atomic E-state index is 14.4. The second-order valence-corrected chi connectivity index (χ2v) is 16.7. The molecule has 0 spiro atoms. The molecule has 272 valence electrons. The molecule has 2 aromatic rings. The number of allylic oxidation sites excluding steroid dienone is 2. The minimum Gasteiger partial charge on any atom is -0.450 e. The van der Waals surface area contributed by atoms with Gasteiger partial charge in [-0.1, -0.05) is 44.6 Å². The fourth-order valence-corrected chi connectivity index (χ4v) is 10.2. The first kappa shape index (κ1) is 36.7. The quantitative estimate of drug-likeness (QED) is 0.224. The topological polar surface area (TPSA) is 87.1 Å². The summed E-state index contributed by atoms with van der Waals surface area (Å²) in [7, 11) is 0. The Morgan fingerprint density at radius 2 is 1.78 bits per heavy atom. The first-order valence-corrected chi connectivity index (χ1v) is 18.8. The van der Waals surface area contributed by atoms with Gasteiger partial charge in [-0.25, -0.2) is 13.6 Å². The molecule has 0 heterocycles. The van der Waals surface area contributed by atoms with Gasteiger partial charge in [0.05, 0.1) is 24.9 Å². The van der Waals surface area contributed by atoms with Crippen molar-refractivity contribution in [3.05, 3.63) is 81.9 Å². The van der Waals surface area contributed by atoms with E-state index in [0.29, 0.717) is 62.5 Å². The van der Waals surface area contributed by atoms with Crippen LogP contribution in [0.3, 0.4) is 0 Å². The Balaban J connectivity index is 1.40. The molecular formula is C42H55F2NO5. The van der Waals surface area contributed by atoms with Crippen molar-refractivity contribution in [1.29, 1.82) is 0 Å². The lowest BCUT2D eigenvalue weighted by molar-refractivity contribution is -0.120. The highest BCUT2D eigenvalue weighted by Gasteiger charge is 2.59. The van der Waals surface area contributed by atoms with Gasteiger partial charge in [0.1, 0.15) is 0 Å². The van der Waals surface area contributed by atoms with Gasteiger partial charge in [0.2, 0.25) is 0 Å². The normalized spacial score (nSPS) is 31.9. The van der Waals surface area contributed by atoms with Crippen molar-refractivity contribution in [3.8, 4) is 0 Å². The molecule has 7 atom stereocenters. The van der Waals surface area contributed by atoms with Crippen LogP contribution in [0.4, 0.5) is 13.6 Å². The van der Waals surface area contributed by atoms with Gasteiger partial charge in [0, 0.05) is 23.1 Å². The minimum absolute atomic E-state index is 0.0413. The van der Waals surface area contributed by atoms with Crippen LogP contribution in [0.25, 0.3) is 0 Å². The van der Waals surface area contributed by atoms with E-state index in [0.717, 1.165) is 48.4 Å². The number of carbonyl (C=O) groups excluding carboxylic acids is 2. The van der Waals surface area contributed by atoms with E-state index in [-0.39, 0.29) is 30.0 Å². The molecule has 4 fully saturated rings. The number of fused-ring (bicyclic) bond motifs is 10. The molecule has 8 rings (SSSR count). The Kier molecular flexibility index (Phi) is 10.4. The Morgan fingerprint density at radius 1 is 1.00 bits per heavy atom. The molecule has 4 bridgehead atoms. The maximum absolute atomic E-state index is 14.4. The maximum Gasteiger partial charge on any atom is 0.409 e. The van der Waals surface area contributed by atoms with Crippen LogP contribution in [-0.2, 0) is 11.2 Å². The van der Waals surface area contributed by atoms with Crippen LogP contribution in [-0.4, -0.2) is 58.4 Å². The number of rotatable bonds is 7. The van der Waals surface area contributed by atoms with Crippen LogP contribution in [0.15, 0.2) is 48.0 Å². The molecule has 6 aliphatic carbocycles. The number of carbonyl (C=O) groups is 2. The van der Waals surface area contributed by atoms with E-state index in [4.69, 9.17) is 4.74 Å². The third-order valence-electron chi connectivity index (χ3n) is 13.5. The van der Waals surface area contributed by atoms with Crippen LogP contribution in [0.2, 0.25) is 0 Å². The van der Waals surface area contributed by atoms with Gasteiger partial charge in [-0.2, -0.15) is 0 Å². The molecule has 0 unspecified atom stereocenters. The van der Waals surface area contributed by atoms with Gasteiger partial charge in [0.15, 0.2) is 17.4 Å². The van der Waals surface area contributed by atoms with Crippen LogP contribution >= 0.6 is 0 Å². The second-order valence-electron chi connectivity index (χ2n) is 16.7. The van der Waals surface area contributed by atoms with Crippen molar-refractivity contribution in [1.82, 2.24) is 4.90 Å². The summed E-state index contributed by atoms with van der Waals surface area (Å²) in [5.74, 6) is -1.20. The SMILES string of the molecule is CCOC(=O)N(C[C@@H]1CC[C@H]2C[C@@H]1C2(C)C)C[C@]1(O)CC[C@H]2c3ccc(cc3C(=O)c3ccc(F)c(F)c3)C[C@@H](O)CCC(C)=CCC[C@@]21C. The van der Waals surface area contributed by atoms with E-state index < -0.39 is 40.6 Å². The smallest absolute Gasteiger partial charge is 0.409 e. The van der Waals surface area contributed by atoms with E-state index in [1.54, 1.807) is 17.9 Å². The number of amides is 1. The van der Waals surface area contributed by atoms with Crippen molar-refractivity contribution in [2.24, 2.45) is 28.6 Å². The number of ether oxygens (including phenoxy) is 1. The van der Waals surface area contributed by atoms with Crippen LogP contribution in [0.5, 0.6) is 0 Å². The third kappa shape index (κ3) is 6.79. The molecule has 0 saturated heterocycles. The highest BCUT2D eigenvalue weighted by Crippen LogP contribution is 2.62. The van der Waals surface area contributed by atoms with Crippen molar-refractivity contribution in [3.63, 3.8) is 0 Å².